The number of benzene rings is 1. The molecule has 1 heterocycles. The summed E-state index contributed by atoms with van der Waals surface area (Å²) in [4.78, 5) is 9.95. The van der Waals surface area contributed by atoms with Crippen LogP contribution in [0.4, 0.5) is 5.69 Å². The van der Waals surface area contributed by atoms with E-state index in [1.165, 1.54) is 10.4 Å². The highest BCUT2D eigenvalue weighted by molar-refractivity contribution is 7.89. The van der Waals surface area contributed by atoms with Crippen molar-refractivity contribution in [1.29, 1.82) is 0 Å². The molecule has 0 bridgehead atoms. The number of non-ortho nitro benzene ring substituents is 1. The fraction of sp³-hybridized carbons (Fsp3) is 0.500. The minimum absolute atomic E-state index is 0. The summed E-state index contributed by atoms with van der Waals surface area (Å²) in [6, 6.07) is 3.11. The molecule has 1 aromatic rings. The first-order chi connectivity index (χ1) is 9.87. The van der Waals surface area contributed by atoms with Gasteiger partial charge in [0.15, 0.2) is 0 Å². The number of hydrogen-bond acceptors (Lipinski definition) is 5. The molecule has 2 rings (SSSR count). The Kier molecular flexibility index (Phi) is 6.57. The van der Waals surface area contributed by atoms with Crippen molar-refractivity contribution in [3.8, 4) is 0 Å². The molecule has 124 valence electrons. The van der Waals surface area contributed by atoms with Crippen molar-refractivity contribution in [3.63, 3.8) is 0 Å². The highest BCUT2D eigenvalue weighted by Crippen LogP contribution is 2.31. The molecular formula is C12H17Cl2N3O4S. The van der Waals surface area contributed by atoms with Gasteiger partial charge in [0.1, 0.15) is 4.90 Å². The Balaban J connectivity index is 0.00000242. The fourth-order valence-electron chi connectivity index (χ4n) is 2.46. The minimum Gasteiger partial charge on any atom is -0.329 e. The highest BCUT2D eigenvalue weighted by atomic mass is 35.5. The molecule has 1 aliphatic rings. The molecule has 0 spiro atoms. The quantitative estimate of drug-likeness (QED) is 0.646. The van der Waals surface area contributed by atoms with E-state index >= 15 is 0 Å². The average Bonchev–Trinajstić information content (AvgIpc) is 2.46. The number of sulfonamides is 1. The smallest absolute Gasteiger partial charge is 0.271 e. The van der Waals surface area contributed by atoms with Crippen molar-refractivity contribution in [3.05, 3.63) is 33.3 Å². The van der Waals surface area contributed by atoms with Gasteiger partial charge >= 0.3 is 0 Å². The molecule has 1 aromatic carbocycles. The van der Waals surface area contributed by atoms with Gasteiger partial charge in [-0.3, -0.25) is 10.1 Å². The zero-order valence-electron chi connectivity index (χ0n) is 11.6. The third kappa shape index (κ3) is 3.69. The van der Waals surface area contributed by atoms with Crippen molar-refractivity contribution in [2.75, 3.05) is 13.1 Å². The number of piperidine rings is 1. The predicted molar refractivity (Wildman–Crippen MR) is 85.9 cm³/mol. The first-order valence-electron chi connectivity index (χ1n) is 6.53. The van der Waals surface area contributed by atoms with Crippen LogP contribution in [0.2, 0.25) is 5.02 Å². The largest absolute Gasteiger partial charge is 0.329 e. The third-order valence-corrected chi connectivity index (χ3v) is 5.99. The summed E-state index contributed by atoms with van der Waals surface area (Å²) in [6.45, 7) is 0.626. The molecule has 7 nitrogen and oxygen atoms in total. The van der Waals surface area contributed by atoms with Gasteiger partial charge < -0.3 is 5.73 Å². The SMILES string of the molecule is Cl.NCC1CCCCN1S(=O)(=O)c1ccc([N+](=O)[O-])cc1Cl. The van der Waals surface area contributed by atoms with Crippen LogP contribution < -0.4 is 5.73 Å². The number of nitro benzene ring substituents is 1. The first-order valence-corrected chi connectivity index (χ1v) is 8.35. The summed E-state index contributed by atoms with van der Waals surface area (Å²) < 4.78 is 26.7. The van der Waals surface area contributed by atoms with Crippen molar-refractivity contribution in [1.82, 2.24) is 4.31 Å². The van der Waals surface area contributed by atoms with Crippen molar-refractivity contribution < 1.29 is 13.3 Å². The van der Waals surface area contributed by atoms with Crippen molar-refractivity contribution in [2.24, 2.45) is 5.73 Å². The predicted octanol–water partition coefficient (Wildman–Crippen LogP) is 2.17. The Morgan fingerprint density at radius 1 is 1.41 bits per heavy atom. The number of rotatable bonds is 4. The lowest BCUT2D eigenvalue weighted by molar-refractivity contribution is -0.384. The van der Waals surface area contributed by atoms with Crippen LogP contribution in [0.5, 0.6) is 0 Å². The van der Waals surface area contributed by atoms with Gasteiger partial charge in [0.2, 0.25) is 10.0 Å². The van der Waals surface area contributed by atoms with Crippen LogP contribution in [0, 0.1) is 10.1 Å². The molecule has 1 aliphatic heterocycles. The molecule has 22 heavy (non-hydrogen) atoms. The number of nitro groups is 1. The van der Waals surface area contributed by atoms with Crippen LogP contribution in [-0.4, -0.2) is 36.8 Å². The van der Waals surface area contributed by atoms with Crippen LogP contribution in [0.1, 0.15) is 19.3 Å². The van der Waals surface area contributed by atoms with Gasteiger partial charge in [-0.2, -0.15) is 4.31 Å². The summed E-state index contributed by atoms with van der Waals surface area (Å²) >= 11 is 5.93. The molecule has 0 aromatic heterocycles. The van der Waals surface area contributed by atoms with Crippen molar-refractivity contribution >= 4 is 39.7 Å². The van der Waals surface area contributed by atoms with Gasteiger partial charge in [0.25, 0.3) is 5.69 Å². The fourth-order valence-corrected chi connectivity index (χ4v) is 4.68. The van der Waals surface area contributed by atoms with Gasteiger partial charge in [-0.1, -0.05) is 18.0 Å². The van der Waals surface area contributed by atoms with Crippen LogP contribution in [0.15, 0.2) is 23.1 Å². The lowest BCUT2D eigenvalue weighted by Gasteiger charge is -2.34. The number of nitrogens with two attached hydrogens (primary N) is 1. The molecule has 1 atom stereocenters. The van der Waals surface area contributed by atoms with E-state index in [2.05, 4.69) is 0 Å². The summed E-state index contributed by atoms with van der Waals surface area (Å²) in [5.41, 5.74) is 5.40. The Bertz CT molecular complexity index is 654. The molecule has 0 saturated carbocycles. The monoisotopic (exact) mass is 369 g/mol. The molecular weight excluding hydrogens is 353 g/mol. The Hall–Kier alpha value is -0.930. The standard InChI is InChI=1S/C12H16ClN3O4S.ClH/c13-11-7-9(16(17)18)4-5-12(11)21(19,20)15-6-2-1-3-10(15)8-14;/h4-5,7,10H,1-3,6,8,14H2;1H. The summed E-state index contributed by atoms with van der Waals surface area (Å²) in [6.07, 6.45) is 2.41. The summed E-state index contributed by atoms with van der Waals surface area (Å²) in [5.74, 6) is 0. The number of nitrogens with zero attached hydrogens (tertiary/aromatic N) is 2. The van der Waals surface area contributed by atoms with E-state index < -0.39 is 14.9 Å². The van der Waals surface area contributed by atoms with Crippen LogP contribution >= 0.6 is 24.0 Å². The van der Waals surface area contributed by atoms with Gasteiger partial charge in [0, 0.05) is 31.3 Å². The van der Waals surface area contributed by atoms with Crippen LogP contribution in [0.25, 0.3) is 0 Å². The van der Waals surface area contributed by atoms with Crippen molar-refractivity contribution in [2.45, 2.75) is 30.2 Å². The van der Waals surface area contributed by atoms with Gasteiger partial charge in [-0.25, -0.2) is 8.42 Å². The van der Waals surface area contributed by atoms with Crippen LogP contribution in [0.3, 0.4) is 0 Å². The molecule has 1 saturated heterocycles. The Morgan fingerprint density at radius 3 is 2.64 bits per heavy atom. The molecule has 0 radical (unpaired) electrons. The maximum Gasteiger partial charge on any atom is 0.271 e. The van der Waals surface area contributed by atoms with E-state index in [1.54, 1.807) is 0 Å². The maximum atomic E-state index is 12.7. The molecule has 1 unspecified atom stereocenters. The second kappa shape index (κ2) is 7.56. The third-order valence-electron chi connectivity index (χ3n) is 3.56. The number of hydrogen-bond donors (Lipinski definition) is 1. The average molecular weight is 370 g/mol. The normalized spacial score (nSPS) is 19.5. The van der Waals surface area contributed by atoms with E-state index in [0.717, 1.165) is 25.0 Å². The lowest BCUT2D eigenvalue weighted by atomic mass is 10.1. The van der Waals surface area contributed by atoms with E-state index in [0.29, 0.717) is 13.0 Å². The highest BCUT2D eigenvalue weighted by Gasteiger charge is 2.34. The molecule has 0 amide bonds. The number of halogens is 2. The lowest BCUT2D eigenvalue weighted by Crippen LogP contribution is -2.47. The molecule has 2 N–H and O–H groups in total. The second-order valence-electron chi connectivity index (χ2n) is 4.87. The van der Waals surface area contributed by atoms with E-state index in [1.807, 2.05) is 0 Å². The van der Waals surface area contributed by atoms with Gasteiger partial charge in [0.05, 0.1) is 9.95 Å². The molecule has 10 heteroatoms. The summed E-state index contributed by atoms with van der Waals surface area (Å²) in [5, 5.41) is 10.5. The van der Waals surface area contributed by atoms with Gasteiger partial charge in [-0.05, 0) is 18.9 Å². The maximum absolute atomic E-state index is 12.7. The minimum atomic E-state index is -3.80. The van der Waals surface area contributed by atoms with Crippen LogP contribution in [-0.2, 0) is 10.0 Å². The van der Waals surface area contributed by atoms with Gasteiger partial charge in [-0.15, -0.1) is 12.4 Å². The second-order valence-corrected chi connectivity index (χ2v) is 7.14. The zero-order valence-corrected chi connectivity index (χ0v) is 14.0. The van der Waals surface area contributed by atoms with E-state index in [4.69, 9.17) is 17.3 Å². The topological polar surface area (TPSA) is 107 Å². The zero-order chi connectivity index (χ0) is 15.6. The van der Waals surface area contributed by atoms with E-state index in [9.17, 15) is 18.5 Å². The summed E-state index contributed by atoms with van der Waals surface area (Å²) in [7, 11) is -3.80. The van der Waals surface area contributed by atoms with E-state index in [-0.39, 0.29) is 40.6 Å². The molecule has 0 aliphatic carbocycles. The Labute approximate surface area is 140 Å². The molecule has 1 fully saturated rings. The Morgan fingerprint density at radius 2 is 2.09 bits per heavy atom. The first kappa shape index (κ1) is 19.1.